The lowest BCUT2D eigenvalue weighted by Crippen LogP contribution is -2.38. The molecule has 0 bridgehead atoms. The van der Waals surface area contributed by atoms with Gasteiger partial charge in [-0.05, 0) is 6.92 Å². The van der Waals surface area contributed by atoms with Crippen molar-refractivity contribution in [2.45, 2.75) is 6.92 Å². The molecular weight excluding hydrogens is 168 g/mol. The molecule has 0 saturated heterocycles. The van der Waals surface area contributed by atoms with E-state index in [1.165, 1.54) is 11.6 Å². The van der Waals surface area contributed by atoms with E-state index in [4.69, 9.17) is 5.84 Å². The molecule has 2 heterocycles. The molecule has 2 rings (SSSR count). The molecule has 0 aromatic carbocycles. The van der Waals surface area contributed by atoms with E-state index in [9.17, 15) is 0 Å². The third kappa shape index (κ3) is 1.32. The van der Waals surface area contributed by atoms with Gasteiger partial charge < -0.3 is 5.43 Å². The Bertz CT molecular complexity index is 336. The van der Waals surface area contributed by atoms with Gasteiger partial charge in [-0.2, -0.15) is 0 Å². The first-order valence-electron chi connectivity index (χ1n) is 3.77. The number of nitrogens with zero attached hydrogens (tertiary/aromatic N) is 5. The van der Waals surface area contributed by atoms with Crippen molar-refractivity contribution in [1.29, 1.82) is 0 Å². The van der Waals surface area contributed by atoms with E-state index >= 15 is 0 Å². The highest BCUT2D eigenvalue weighted by Crippen LogP contribution is 2.22. The second-order valence-electron chi connectivity index (χ2n) is 2.57. The maximum absolute atomic E-state index is 5.55. The zero-order valence-corrected chi connectivity index (χ0v) is 7.12. The fourth-order valence-electron chi connectivity index (χ4n) is 1.08. The highest BCUT2D eigenvalue weighted by atomic mass is 15.9. The van der Waals surface area contributed by atoms with Crippen molar-refractivity contribution in [2.75, 3.05) is 5.01 Å². The topological polar surface area (TPSA) is 72.4 Å². The van der Waals surface area contributed by atoms with E-state index in [1.54, 1.807) is 23.6 Å². The van der Waals surface area contributed by atoms with E-state index in [-0.39, 0.29) is 0 Å². The smallest absolute Gasteiger partial charge is 0.115 e. The molecule has 13 heavy (non-hydrogen) atoms. The highest BCUT2D eigenvalue weighted by molar-refractivity contribution is 5.51. The molecule has 0 fully saturated rings. The van der Waals surface area contributed by atoms with Gasteiger partial charge in [-0.3, -0.25) is 10.9 Å². The van der Waals surface area contributed by atoms with Crippen molar-refractivity contribution in [1.82, 2.24) is 15.2 Å². The molecule has 2 N–H and O–H groups in total. The zero-order valence-electron chi connectivity index (χ0n) is 7.12. The van der Waals surface area contributed by atoms with Crippen molar-refractivity contribution in [3.63, 3.8) is 0 Å². The van der Waals surface area contributed by atoms with Crippen LogP contribution in [-0.4, -0.2) is 15.2 Å². The summed E-state index contributed by atoms with van der Waals surface area (Å²) < 4.78 is 0. The summed E-state index contributed by atoms with van der Waals surface area (Å²) in [5.41, 5.74) is 5.51. The molecule has 0 radical (unpaired) electrons. The van der Waals surface area contributed by atoms with E-state index in [0.717, 1.165) is 11.4 Å². The Morgan fingerprint density at radius 1 is 1.54 bits per heavy atom. The fourth-order valence-corrected chi connectivity index (χ4v) is 1.08. The molecule has 6 heteroatoms. The van der Waals surface area contributed by atoms with Crippen molar-refractivity contribution in [3.05, 3.63) is 36.0 Å². The molecule has 0 atom stereocenters. The van der Waals surface area contributed by atoms with Gasteiger partial charge >= 0.3 is 0 Å². The average molecular weight is 177 g/mol. The summed E-state index contributed by atoms with van der Waals surface area (Å²) in [7, 11) is 0. The van der Waals surface area contributed by atoms with Crippen LogP contribution in [0.2, 0.25) is 0 Å². The lowest BCUT2D eigenvalue weighted by molar-refractivity contribution is 0.391. The van der Waals surface area contributed by atoms with Crippen LogP contribution in [0, 0.1) is 6.92 Å². The Morgan fingerprint density at radius 2 is 2.38 bits per heavy atom. The third-order valence-electron chi connectivity index (χ3n) is 1.75. The fraction of sp³-hybridized carbons (Fsp3) is 0.143. The molecular formula is C7H9N6-. The van der Waals surface area contributed by atoms with Crippen LogP contribution in [-0.2, 0) is 0 Å². The first-order chi connectivity index (χ1) is 6.29. The summed E-state index contributed by atoms with van der Waals surface area (Å²) in [5, 5.41) is 2.89. The van der Waals surface area contributed by atoms with Crippen LogP contribution in [0.4, 0.5) is 5.69 Å². The Balaban J connectivity index is 2.35. The summed E-state index contributed by atoms with van der Waals surface area (Å²) in [4.78, 5) is 7.96. The number of nitrogens with two attached hydrogens (primary N) is 1. The summed E-state index contributed by atoms with van der Waals surface area (Å²) >= 11 is 0. The second-order valence-corrected chi connectivity index (χ2v) is 2.57. The van der Waals surface area contributed by atoms with Crippen LogP contribution in [0.25, 0.3) is 5.43 Å². The predicted octanol–water partition coefficient (Wildman–Crippen LogP) is 0.456. The van der Waals surface area contributed by atoms with Gasteiger partial charge in [0, 0.05) is 6.20 Å². The molecule has 0 aliphatic carbocycles. The number of aryl methyl sites for hydroxylation is 1. The minimum atomic E-state index is 0.822. The second kappa shape index (κ2) is 3.00. The average Bonchev–Trinajstić information content (AvgIpc) is 2.52. The molecule has 1 aliphatic rings. The van der Waals surface area contributed by atoms with Crippen LogP contribution in [0.15, 0.2) is 24.9 Å². The minimum Gasteiger partial charge on any atom is -0.591 e. The first kappa shape index (κ1) is 7.96. The lowest BCUT2D eigenvalue weighted by atomic mass is 10.4. The lowest BCUT2D eigenvalue weighted by Gasteiger charge is -2.33. The molecule has 1 aromatic heterocycles. The van der Waals surface area contributed by atoms with E-state index in [1.807, 2.05) is 6.92 Å². The van der Waals surface area contributed by atoms with Crippen LogP contribution in [0.3, 0.4) is 0 Å². The van der Waals surface area contributed by atoms with E-state index in [2.05, 4.69) is 15.4 Å². The van der Waals surface area contributed by atoms with Crippen molar-refractivity contribution >= 4 is 5.69 Å². The van der Waals surface area contributed by atoms with Crippen molar-refractivity contribution < 1.29 is 0 Å². The predicted molar refractivity (Wildman–Crippen MR) is 47.8 cm³/mol. The quantitative estimate of drug-likeness (QED) is 0.631. The summed E-state index contributed by atoms with van der Waals surface area (Å²) in [6.45, 7) is 1.89. The van der Waals surface area contributed by atoms with Crippen LogP contribution >= 0.6 is 0 Å². The van der Waals surface area contributed by atoms with Gasteiger partial charge in [-0.1, -0.05) is 0 Å². The maximum Gasteiger partial charge on any atom is 0.115 e. The van der Waals surface area contributed by atoms with Crippen molar-refractivity contribution in [3.8, 4) is 0 Å². The first-order valence-corrected chi connectivity index (χ1v) is 3.77. The minimum absolute atomic E-state index is 0.822. The van der Waals surface area contributed by atoms with Crippen molar-refractivity contribution in [2.24, 2.45) is 5.84 Å². The number of rotatable bonds is 1. The molecule has 0 unspecified atom stereocenters. The van der Waals surface area contributed by atoms with Gasteiger partial charge in [-0.25, -0.2) is 15.2 Å². The normalized spacial score (nSPS) is 16.3. The molecule has 6 nitrogen and oxygen atoms in total. The molecule has 1 aromatic rings. The molecule has 0 saturated carbocycles. The van der Waals surface area contributed by atoms with Gasteiger partial charge in [-0.15, -0.1) is 6.20 Å². The Hall–Kier alpha value is -1.66. The standard InChI is InChI=1S/C7H9N6/c1-6-7(4-9-5-10-6)12-3-2-11-13(12)8/h2-5H,8H2,1H3/q-1. The molecule has 0 spiro atoms. The van der Waals surface area contributed by atoms with E-state index in [0.29, 0.717) is 0 Å². The summed E-state index contributed by atoms with van der Waals surface area (Å²) in [6.07, 6.45) is 6.53. The van der Waals surface area contributed by atoms with Gasteiger partial charge in [0.2, 0.25) is 0 Å². The summed E-state index contributed by atoms with van der Waals surface area (Å²) in [6, 6.07) is 0. The van der Waals surface area contributed by atoms with Gasteiger partial charge in [0.1, 0.15) is 6.33 Å². The van der Waals surface area contributed by atoms with E-state index < -0.39 is 0 Å². The summed E-state index contributed by atoms with van der Waals surface area (Å²) in [5.74, 6) is 5.55. The monoisotopic (exact) mass is 177 g/mol. The van der Waals surface area contributed by atoms with Crippen LogP contribution in [0.5, 0.6) is 0 Å². The third-order valence-corrected chi connectivity index (χ3v) is 1.75. The number of anilines is 1. The van der Waals surface area contributed by atoms with Gasteiger partial charge in [0.25, 0.3) is 0 Å². The maximum atomic E-state index is 5.55. The van der Waals surface area contributed by atoms with Crippen LogP contribution in [0.1, 0.15) is 5.69 Å². The Morgan fingerprint density at radius 3 is 3.00 bits per heavy atom. The highest BCUT2D eigenvalue weighted by Gasteiger charge is 2.09. The number of hydrogen-bond donors (Lipinski definition) is 1. The zero-order chi connectivity index (χ0) is 9.26. The Kier molecular flexibility index (Phi) is 1.84. The van der Waals surface area contributed by atoms with Crippen LogP contribution < -0.4 is 10.9 Å². The molecule has 0 amide bonds. The largest absolute Gasteiger partial charge is 0.591 e. The van der Waals surface area contributed by atoms with Gasteiger partial charge in [0.15, 0.2) is 0 Å². The number of aromatic nitrogens is 2. The van der Waals surface area contributed by atoms with Gasteiger partial charge in [0.05, 0.1) is 17.6 Å². The molecule has 1 aliphatic heterocycles. The molecule has 68 valence electrons. The SMILES string of the molecule is Cc1ncncc1N1C=C[N-]N1N. The number of hydrazine groups is 2. The number of hydrogen-bond acceptors (Lipinski definition) is 5. The Labute approximate surface area is 75.6 Å².